The lowest BCUT2D eigenvalue weighted by atomic mass is 10.1. The third-order valence-electron chi connectivity index (χ3n) is 3.39. The summed E-state index contributed by atoms with van der Waals surface area (Å²) in [4.78, 5) is 28.3. The van der Waals surface area contributed by atoms with Gasteiger partial charge >= 0.3 is 17.8 Å². The number of carbonyl (C=O) groups is 2. The number of hydrogen-bond donors (Lipinski definition) is 2. The van der Waals surface area contributed by atoms with Crippen molar-refractivity contribution in [2.24, 2.45) is 0 Å². The van der Waals surface area contributed by atoms with E-state index in [2.05, 4.69) is 9.72 Å². The zero-order valence-electron chi connectivity index (χ0n) is 14.0. The number of anilines is 1. The summed E-state index contributed by atoms with van der Waals surface area (Å²) in [7, 11) is 0. The number of nitrogens with one attached hydrogen (secondary N) is 2. The first-order valence-corrected chi connectivity index (χ1v) is 8.08. The van der Waals surface area contributed by atoms with Gasteiger partial charge in [0.15, 0.2) is 0 Å². The molecule has 1 aromatic carbocycles. The Balaban J connectivity index is 2.48. The van der Waals surface area contributed by atoms with Crippen molar-refractivity contribution in [2.45, 2.75) is 18.8 Å². The number of carbonyl (C=O) groups excluding carboxylic acids is 2. The molecule has 0 bridgehead atoms. The Labute approximate surface area is 157 Å². The number of aromatic nitrogens is 1. The summed E-state index contributed by atoms with van der Waals surface area (Å²) >= 11 is 5.68. The maximum atomic E-state index is 14.0. The van der Waals surface area contributed by atoms with E-state index >= 15 is 0 Å². The number of alkyl halides is 3. The highest BCUT2D eigenvalue weighted by Crippen LogP contribution is 2.33. The molecule has 0 spiro atoms. The number of rotatable bonds is 6. The molecule has 1 atom stereocenters. The first kappa shape index (κ1) is 20.5. The number of amides is 1. The van der Waals surface area contributed by atoms with Gasteiger partial charge < -0.3 is 15.4 Å². The summed E-state index contributed by atoms with van der Waals surface area (Å²) < 4.78 is 46.5. The Morgan fingerprint density at radius 2 is 1.81 bits per heavy atom. The largest absolute Gasteiger partial charge is 0.463 e. The van der Waals surface area contributed by atoms with Crippen LogP contribution in [0.4, 0.5) is 19.0 Å². The van der Waals surface area contributed by atoms with E-state index in [0.29, 0.717) is 0 Å². The standard InChI is InChI=1S/C17H15ClF3N3O3/c1-2-27-15(26)16(17(19,20)21,23-13-9-8-12(18)10-22-13)24-14(25)11-6-4-3-5-7-11/h3-10H,2H2,1H3,(H,22,23)(H,24,25). The third-order valence-corrected chi connectivity index (χ3v) is 3.61. The van der Waals surface area contributed by atoms with Gasteiger partial charge in [-0.15, -0.1) is 0 Å². The van der Waals surface area contributed by atoms with Crippen LogP contribution in [0.5, 0.6) is 0 Å². The molecule has 27 heavy (non-hydrogen) atoms. The van der Waals surface area contributed by atoms with Gasteiger partial charge in [0, 0.05) is 11.8 Å². The number of benzene rings is 1. The smallest absolute Gasteiger partial charge is 0.441 e. The minimum Gasteiger partial charge on any atom is -0.463 e. The fraction of sp³-hybridized carbons (Fsp3) is 0.235. The molecular weight excluding hydrogens is 387 g/mol. The number of pyridine rings is 1. The molecular formula is C17H15ClF3N3O3. The lowest BCUT2D eigenvalue weighted by Crippen LogP contribution is -2.69. The molecule has 0 saturated heterocycles. The Morgan fingerprint density at radius 1 is 1.15 bits per heavy atom. The van der Waals surface area contributed by atoms with Crippen LogP contribution in [0.3, 0.4) is 0 Å². The Morgan fingerprint density at radius 3 is 2.33 bits per heavy atom. The lowest BCUT2D eigenvalue weighted by molar-refractivity contribution is -0.204. The van der Waals surface area contributed by atoms with Crippen molar-refractivity contribution in [3.63, 3.8) is 0 Å². The van der Waals surface area contributed by atoms with Crippen LogP contribution in [-0.2, 0) is 9.53 Å². The van der Waals surface area contributed by atoms with Crippen LogP contribution in [0.1, 0.15) is 17.3 Å². The Kier molecular flexibility index (Phi) is 6.27. The molecule has 1 aromatic heterocycles. The van der Waals surface area contributed by atoms with Crippen molar-refractivity contribution in [1.29, 1.82) is 0 Å². The Hall–Kier alpha value is -2.81. The highest BCUT2D eigenvalue weighted by atomic mass is 35.5. The van der Waals surface area contributed by atoms with E-state index in [1.165, 1.54) is 37.3 Å². The molecule has 0 aliphatic rings. The second kappa shape index (κ2) is 8.26. The molecule has 0 aliphatic heterocycles. The van der Waals surface area contributed by atoms with Crippen LogP contribution >= 0.6 is 11.6 Å². The number of ether oxygens (including phenoxy) is 1. The van der Waals surface area contributed by atoms with Gasteiger partial charge in [-0.2, -0.15) is 13.2 Å². The van der Waals surface area contributed by atoms with Gasteiger partial charge in [-0.05, 0) is 31.2 Å². The van der Waals surface area contributed by atoms with Crippen molar-refractivity contribution in [3.05, 3.63) is 59.2 Å². The van der Waals surface area contributed by atoms with Crippen LogP contribution in [0, 0.1) is 0 Å². The van der Waals surface area contributed by atoms with Crippen molar-refractivity contribution in [2.75, 3.05) is 11.9 Å². The molecule has 6 nitrogen and oxygen atoms in total. The summed E-state index contributed by atoms with van der Waals surface area (Å²) in [5.41, 5.74) is -3.61. The van der Waals surface area contributed by atoms with Gasteiger partial charge in [0.25, 0.3) is 5.91 Å². The van der Waals surface area contributed by atoms with Crippen LogP contribution in [0.25, 0.3) is 0 Å². The lowest BCUT2D eigenvalue weighted by Gasteiger charge is -2.34. The molecule has 144 valence electrons. The van der Waals surface area contributed by atoms with Crippen molar-refractivity contribution in [1.82, 2.24) is 10.3 Å². The number of esters is 1. The molecule has 0 aliphatic carbocycles. The third kappa shape index (κ3) is 4.68. The second-order valence-corrected chi connectivity index (χ2v) is 5.71. The van der Waals surface area contributed by atoms with Gasteiger partial charge in [-0.3, -0.25) is 4.79 Å². The average Bonchev–Trinajstić information content (AvgIpc) is 2.62. The van der Waals surface area contributed by atoms with E-state index in [9.17, 15) is 22.8 Å². The van der Waals surface area contributed by atoms with Crippen LogP contribution in [0.15, 0.2) is 48.7 Å². The molecule has 1 heterocycles. The van der Waals surface area contributed by atoms with Gasteiger partial charge in [0.1, 0.15) is 5.82 Å². The summed E-state index contributed by atoms with van der Waals surface area (Å²) in [6.07, 6.45) is -4.15. The second-order valence-electron chi connectivity index (χ2n) is 5.28. The van der Waals surface area contributed by atoms with Crippen molar-refractivity contribution in [3.8, 4) is 0 Å². The fourth-order valence-corrected chi connectivity index (χ4v) is 2.22. The topological polar surface area (TPSA) is 80.3 Å². The number of hydrogen-bond acceptors (Lipinski definition) is 5. The maximum absolute atomic E-state index is 14.0. The van der Waals surface area contributed by atoms with Crippen molar-refractivity contribution >= 4 is 29.3 Å². The first-order valence-electron chi connectivity index (χ1n) is 7.71. The van der Waals surface area contributed by atoms with Crippen LogP contribution < -0.4 is 10.6 Å². The van der Waals surface area contributed by atoms with Gasteiger partial charge in [-0.25, -0.2) is 9.78 Å². The van der Waals surface area contributed by atoms with E-state index in [-0.39, 0.29) is 23.0 Å². The zero-order valence-corrected chi connectivity index (χ0v) is 14.8. The molecule has 0 fully saturated rings. The van der Waals surface area contributed by atoms with Crippen LogP contribution in [-0.4, -0.2) is 35.3 Å². The maximum Gasteiger partial charge on any atom is 0.441 e. The molecule has 2 aromatic rings. The van der Waals surface area contributed by atoms with Gasteiger partial charge in [0.2, 0.25) is 0 Å². The number of halogens is 4. The molecule has 2 N–H and O–H groups in total. The van der Waals surface area contributed by atoms with E-state index in [0.717, 1.165) is 12.3 Å². The van der Waals surface area contributed by atoms with Crippen molar-refractivity contribution < 1.29 is 27.5 Å². The number of nitrogens with zero attached hydrogens (tertiary/aromatic N) is 1. The SMILES string of the molecule is CCOC(=O)C(NC(=O)c1ccccc1)(Nc1ccc(Cl)cn1)C(F)(F)F. The molecule has 2 rings (SSSR count). The molecule has 1 unspecified atom stereocenters. The monoisotopic (exact) mass is 401 g/mol. The minimum atomic E-state index is -5.25. The van der Waals surface area contributed by atoms with E-state index in [4.69, 9.17) is 11.6 Å². The highest BCUT2D eigenvalue weighted by molar-refractivity contribution is 6.30. The molecule has 1 amide bonds. The summed E-state index contributed by atoms with van der Waals surface area (Å²) in [5.74, 6) is -3.18. The van der Waals surface area contributed by atoms with Crippen LogP contribution in [0.2, 0.25) is 5.02 Å². The quantitative estimate of drug-likeness (QED) is 0.573. The predicted molar refractivity (Wildman–Crippen MR) is 92.2 cm³/mol. The average molecular weight is 402 g/mol. The van der Waals surface area contributed by atoms with E-state index < -0.39 is 23.7 Å². The first-order chi connectivity index (χ1) is 12.7. The van der Waals surface area contributed by atoms with E-state index in [1.807, 2.05) is 5.32 Å². The van der Waals surface area contributed by atoms with Gasteiger partial charge in [-0.1, -0.05) is 29.8 Å². The van der Waals surface area contributed by atoms with Gasteiger partial charge in [0.05, 0.1) is 11.6 Å². The highest BCUT2D eigenvalue weighted by Gasteiger charge is 2.64. The van der Waals surface area contributed by atoms with E-state index in [1.54, 1.807) is 11.4 Å². The summed E-state index contributed by atoms with van der Waals surface area (Å²) in [6.45, 7) is 1.02. The Bertz CT molecular complexity index is 801. The minimum absolute atomic E-state index is 0.0683. The summed E-state index contributed by atoms with van der Waals surface area (Å²) in [6, 6.07) is 9.57. The molecule has 10 heteroatoms. The normalized spacial score (nSPS) is 13.4. The predicted octanol–water partition coefficient (Wildman–Crippen LogP) is 3.40. The summed E-state index contributed by atoms with van der Waals surface area (Å²) in [5, 5.41) is 3.84. The fourth-order valence-electron chi connectivity index (χ4n) is 2.10. The molecule has 0 radical (unpaired) electrons. The molecule has 0 saturated carbocycles. The zero-order chi connectivity index (χ0) is 20.1.